The Bertz CT molecular complexity index is 698. The van der Waals surface area contributed by atoms with E-state index in [1.807, 2.05) is 0 Å². The zero-order valence-corrected chi connectivity index (χ0v) is 11.5. The summed E-state index contributed by atoms with van der Waals surface area (Å²) in [4.78, 5) is 27.1. The smallest absolute Gasteiger partial charge is 0.335 e. The summed E-state index contributed by atoms with van der Waals surface area (Å²) in [5.41, 5.74) is 1.36. The molecule has 0 fully saturated rings. The van der Waals surface area contributed by atoms with Crippen molar-refractivity contribution in [3.05, 3.63) is 57.8 Å². The Labute approximate surface area is 120 Å². The van der Waals surface area contributed by atoms with Crippen LogP contribution in [-0.4, -0.2) is 28.0 Å². The largest absolute Gasteiger partial charge is 0.478 e. The second-order valence-corrected chi connectivity index (χ2v) is 4.52. The van der Waals surface area contributed by atoms with Crippen LogP contribution in [0.3, 0.4) is 0 Å². The van der Waals surface area contributed by atoms with Crippen LogP contribution < -0.4 is 4.90 Å². The number of carboxylic acids is 1. The number of hydrogen-bond acceptors (Lipinski definition) is 5. The standard InChI is InChI=1S/C14H13N3O4/c1-9-7-12(17(20)21)13(15-8-9)16(2)11-5-3-10(4-6-11)14(18)19/h3-8H,1-2H3,(H,18,19). The van der Waals surface area contributed by atoms with Crippen molar-refractivity contribution in [2.45, 2.75) is 6.92 Å². The normalized spacial score (nSPS) is 10.2. The summed E-state index contributed by atoms with van der Waals surface area (Å²) in [6.45, 7) is 1.73. The van der Waals surface area contributed by atoms with Crippen LogP contribution in [0.15, 0.2) is 36.5 Å². The first kappa shape index (κ1) is 14.4. The van der Waals surface area contributed by atoms with Gasteiger partial charge in [0, 0.05) is 25.0 Å². The molecule has 21 heavy (non-hydrogen) atoms. The highest BCUT2D eigenvalue weighted by Gasteiger charge is 2.20. The first-order valence-corrected chi connectivity index (χ1v) is 6.08. The average Bonchev–Trinajstić information content (AvgIpc) is 2.46. The maximum absolute atomic E-state index is 11.1. The second-order valence-electron chi connectivity index (χ2n) is 4.52. The SMILES string of the molecule is Cc1cnc(N(C)c2ccc(C(=O)O)cc2)c([N+](=O)[O-])c1. The van der Waals surface area contributed by atoms with Gasteiger partial charge in [0.15, 0.2) is 0 Å². The summed E-state index contributed by atoms with van der Waals surface area (Å²) in [6.07, 6.45) is 1.55. The number of nitro groups is 1. The van der Waals surface area contributed by atoms with Crippen LogP contribution >= 0.6 is 0 Å². The van der Waals surface area contributed by atoms with Gasteiger partial charge in [-0.3, -0.25) is 10.1 Å². The number of aryl methyl sites for hydroxylation is 1. The lowest BCUT2D eigenvalue weighted by atomic mass is 10.2. The lowest BCUT2D eigenvalue weighted by Gasteiger charge is -2.18. The molecule has 0 unspecified atom stereocenters. The molecule has 0 saturated carbocycles. The van der Waals surface area contributed by atoms with Gasteiger partial charge in [0.05, 0.1) is 10.5 Å². The lowest BCUT2D eigenvalue weighted by molar-refractivity contribution is -0.384. The summed E-state index contributed by atoms with van der Waals surface area (Å²) < 4.78 is 0. The van der Waals surface area contributed by atoms with Gasteiger partial charge in [-0.05, 0) is 36.8 Å². The fraction of sp³-hybridized carbons (Fsp3) is 0.143. The molecular formula is C14H13N3O4. The molecule has 2 rings (SSSR count). The van der Waals surface area contributed by atoms with E-state index in [4.69, 9.17) is 5.11 Å². The monoisotopic (exact) mass is 287 g/mol. The zero-order chi connectivity index (χ0) is 15.6. The second kappa shape index (κ2) is 5.58. The van der Waals surface area contributed by atoms with Gasteiger partial charge in [-0.2, -0.15) is 0 Å². The highest BCUT2D eigenvalue weighted by Crippen LogP contribution is 2.30. The van der Waals surface area contributed by atoms with Crippen molar-refractivity contribution in [2.24, 2.45) is 0 Å². The topological polar surface area (TPSA) is 96.6 Å². The number of benzene rings is 1. The molecule has 1 N–H and O–H groups in total. The van der Waals surface area contributed by atoms with Gasteiger partial charge in [-0.15, -0.1) is 0 Å². The van der Waals surface area contributed by atoms with Crippen molar-refractivity contribution in [1.82, 2.24) is 4.98 Å². The summed E-state index contributed by atoms with van der Waals surface area (Å²) in [5.74, 6) is -0.822. The first-order valence-electron chi connectivity index (χ1n) is 6.08. The van der Waals surface area contributed by atoms with E-state index < -0.39 is 10.9 Å². The van der Waals surface area contributed by atoms with Crippen molar-refractivity contribution in [3.8, 4) is 0 Å². The van der Waals surface area contributed by atoms with Crippen LogP contribution in [0, 0.1) is 17.0 Å². The third kappa shape index (κ3) is 2.97. The van der Waals surface area contributed by atoms with E-state index in [1.165, 1.54) is 18.2 Å². The molecule has 0 aliphatic heterocycles. The van der Waals surface area contributed by atoms with E-state index in [0.29, 0.717) is 11.3 Å². The predicted molar refractivity (Wildman–Crippen MR) is 77.1 cm³/mol. The van der Waals surface area contributed by atoms with E-state index in [0.717, 1.165) is 0 Å². The molecule has 108 valence electrons. The van der Waals surface area contributed by atoms with E-state index in [-0.39, 0.29) is 17.1 Å². The molecule has 7 heteroatoms. The number of hydrogen-bond donors (Lipinski definition) is 1. The molecule has 1 aromatic carbocycles. The molecule has 0 spiro atoms. The number of anilines is 2. The minimum atomic E-state index is -1.02. The van der Waals surface area contributed by atoms with Crippen molar-refractivity contribution in [2.75, 3.05) is 11.9 Å². The number of nitrogens with zero attached hydrogens (tertiary/aromatic N) is 3. The van der Waals surface area contributed by atoms with Crippen LogP contribution in [0.2, 0.25) is 0 Å². The summed E-state index contributed by atoms with van der Waals surface area (Å²) in [7, 11) is 1.64. The predicted octanol–water partition coefficient (Wildman–Crippen LogP) is 2.76. The van der Waals surface area contributed by atoms with E-state index in [9.17, 15) is 14.9 Å². The van der Waals surface area contributed by atoms with Gasteiger partial charge in [0.25, 0.3) is 0 Å². The van der Waals surface area contributed by atoms with Gasteiger partial charge in [0.2, 0.25) is 5.82 Å². The molecular weight excluding hydrogens is 274 g/mol. The van der Waals surface area contributed by atoms with Crippen LogP contribution in [-0.2, 0) is 0 Å². The Kier molecular flexibility index (Phi) is 3.84. The van der Waals surface area contributed by atoms with E-state index >= 15 is 0 Å². The highest BCUT2D eigenvalue weighted by atomic mass is 16.6. The highest BCUT2D eigenvalue weighted by molar-refractivity contribution is 5.88. The molecule has 2 aromatic rings. The van der Waals surface area contributed by atoms with E-state index in [1.54, 1.807) is 37.2 Å². The molecule has 0 saturated heterocycles. The number of carboxylic acid groups (broad SMARTS) is 1. The van der Waals surface area contributed by atoms with Crippen LogP contribution in [0.1, 0.15) is 15.9 Å². The third-order valence-corrected chi connectivity index (χ3v) is 3.00. The molecule has 0 radical (unpaired) electrons. The number of pyridine rings is 1. The zero-order valence-electron chi connectivity index (χ0n) is 11.5. The number of aromatic carboxylic acids is 1. The number of aromatic nitrogens is 1. The molecule has 0 aliphatic rings. The van der Waals surface area contributed by atoms with Crippen molar-refractivity contribution in [3.63, 3.8) is 0 Å². The minimum Gasteiger partial charge on any atom is -0.478 e. The Morgan fingerprint density at radius 2 is 1.95 bits per heavy atom. The minimum absolute atomic E-state index is 0.0974. The van der Waals surface area contributed by atoms with Gasteiger partial charge in [-0.1, -0.05) is 0 Å². The average molecular weight is 287 g/mol. The maximum atomic E-state index is 11.1. The van der Waals surface area contributed by atoms with Crippen LogP contribution in [0.5, 0.6) is 0 Å². The van der Waals surface area contributed by atoms with Gasteiger partial charge < -0.3 is 10.0 Å². The Morgan fingerprint density at radius 1 is 1.33 bits per heavy atom. The van der Waals surface area contributed by atoms with Crippen molar-refractivity contribution in [1.29, 1.82) is 0 Å². The molecule has 1 aromatic heterocycles. The number of rotatable bonds is 4. The Balaban J connectivity index is 2.42. The summed E-state index contributed by atoms with van der Waals surface area (Å²) in [6, 6.07) is 7.48. The first-order chi connectivity index (χ1) is 9.90. The van der Waals surface area contributed by atoms with E-state index in [2.05, 4.69) is 4.98 Å². The van der Waals surface area contributed by atoms with Gasteiger partial charge in [0.1, 0.15) is 0 Å². The maximum Gasteiger partial charge on any atom is 0.335 e. The fourth-order valence-electron chi connectivity index (χ4n) is 1.89. The molecule has 0 bridgehead atoms. The van der Waals surface area contributed by atoms with Crippen molar-refractivity contribution < 1.29 is 14.8 Å². The molecule has 0 atom stereocenters. The molecule has 7 nitrogen and oxygen atoms in total. The van der Waals surface area contributed by atoms with Gasteiger partial charge in [-0.25, -0.2) is 9.78 Å². The van der Waals surface area contributed by atoms with Crippen LogP contribution in [0.25, 0.3) is 0 Å². The fourth-order valence-corrected chi connectivity index (χ4v) is 1.89. The van der Waals surface area contributed by atoms with Gasteiger partial charge >= 0.3 is 11.7 Å². The number of carbonyl (C=O) groups is 1. The Morgan fingerprint density at radius 3 is 2.48 bits per heavy atom. The van der Waals surface area contributed by atoms with Crippen molar-refractivity contribution >= 4 is 23.2 Å². The molecule has 0 amide bonds. The summed E-state index contributed by atoms with van der Waals surface area (Å²) >= 11 is 0. The summed E-state index contributed by atoms with van der Waals surface area (Å²) in [5, 5.41) is 20.0. The third-order valence-electron chi connectivity index (χ3n) is 3.00. The molecule has 0 aliphatic carbocycles. The van der Waals surface area contributed by atoms with Crippen LogP contribution in [0.4, 0.5) is 17.2 Å². The Hall–Kier alpha value is -2.96. The quantitative estimate of drug-likeness (QED) is 0.686. The lowest BCUT2D eigenvalue weighted by Crippen LogP contribution is -2.13. The molecule has 1 heterocycles.